The Bertz CT molecular complexity index is 592. The highest BCUT2D eigenvalue weighted by atomic mass is 32.2. The third kappa shape index (κ3) is 2.31. The number of benzene rings is 1. The SMILES string of the molecule is COc1ccc(C(=O)N2C(=N)OC3CSCC32)cc1OC. The van der Waals surface area contributed by atoms with Crippen LogP contribution in [0.2, 0.25) is 0 Å². The second kappa shape index (κ2) is 5.48. The molecule has 2 aliphatic rings. The minimum atomic E-state index is -0.240. The van der Waals surface area contributed by atoms with E-state index in [0.717, 1.165) is 11.5 Å². The number of nitrogens with one attached hydrogen (secondary N) is 1. The molecule has 2 fully saturated rings. The Morgan fingerprint density at radius 3 is 2.81 bits per heavy atom. The van der Waals surface area contributed by atoms with Gasteiger partial charge in [-0.05, 0) is 18.2 Å². The third-order valence-corrected chi connectivity index (χ3v) is 4.80. The van der Waals surface area contributed by atoms with Crippen molar-refractivity contribution in [1.82, 2.24) is 4.90 Å². The molecule has 6 nitrogen and oxygen atoms in total. The molecule has 1 aromatic carbocycles. The molecule has 2 aliphatic heterocycles. The first-order chi connectivity index (χ1) is 10.2. The molecule has 0 aliphatic carbocycles. The maximum absolute atomic E-state index is 12.7. The Morgan fingerprint density at radius 1 is 1.33 bits per heavy atom. The molecule has 3 rings (SSSR count). The standard InChI is InChI=1S/C14H16N2O4S/c1-18-10-4-3-8(5-11(10)19-2)13(17)16-9-6-21-7-12(9)20-14(16)15/h3-5,9,12,15H,6-7H2,1-2H3. The molecule has 0 bridgehead atoms. The number of thioether (sulfide) groups is 1. The summed E-state index contributed by atoms with van der Waals surface area (Å²) in [7, 11) is 3.07. The van der Waals surface area contributed by atoms with E-state index in [1.165, 1.54) is 12.0 Å². The zero-order valence-corrected chi connectivity index (χ0v) is 12.6. The van der Waals surface area contributed by atoms with E-state index in [2.05, 4.69) is 0 Å². The maximum Gasteiger partial charge on any atom is 0.292 e. The van der Waals surface area contributed by atoms with Gasteiger partial charge in [-0.3, -0.25) is 15.1 Å². The van der Waals surface area contributed by atoms with Gasteiger partial charge in [0.25, 0.3) is 11.9 Å². The van der Waals surface area contributed by atoms with Crippen LogP contribution in [0.5, 0.6) is 11.5 Å². The molecule has 2 heterocycles. The van der Waals surface area contributed by atoms with Gasteiger partial charge in [0, 0.05) is 17.1 Å². The quantitative estimate of drug-likeness (QED) is 0.918. The van der Waals surface area contributed by atoms with Crippen molar-refractivity contribution in [2.75, 3.05) is 25.7 Å². The summed E-state index contributed by atoms with van der Waals surface area (Å²) in [6.07, 6.45) is -0.0633. The van der Waals surface area contributed by atoms with Crippen LogP contribution in [0.25, 0.3) is 0 Å². The van der Waals surface area contributed by atoms with Crippen LogP contribution in [0.15, 0.2) is 18.2 Å². The fraction of sp³-hybridized carbons (Fsp3) is 0.429. The van der Waals surface area contributed by atoms with E-state index >= 15 is 0 Å². The molecule has 1 N–H and O–H groups in total. The van der Waals surface area contributed by atoms with Gasteiger partial charge in [0.1, 0.15) is 6.10 Å². The fourth-order valence-corrected chi connectivity index (χ4v) is 3.84. The summed E-state index contributed by atoms with van der Waals surface area (Å²) < 4.78 is 15.8. The van der Waals surface area contributed by atoms with Crippen LogP contribution in [-0.4, -0.2) is 54.7 Å². The van der Waals surface area contributed by atoms with Gasteiger partial charge in [-0.15, -0.1) is 0 Å². The summed E-state index contributed by atoms with van der Waals surface area (Å²) in [5.74, 6) is 2.44. The molecule has 21 heavy (non-hydrogen) atoms. The summed E-state index contributed by atoms with van der Waals surface area (Å²) >= 11 is 1.74. The highest BCUT2D eigenvalue weighted by Gasteiger charge is 2.46. The van der Waals surface area contributed by atoms with Crippen LogP contribution in [0.4, 0.5) is 0 Å². The summed E-state index contributed by atoms with van der Waals surface area (Å²) in [5.41, 5.74) is 0.457. The molecular formula is C14H16N2O4S. The lowest BCUT2D eigenvalue weighted by Gasteiger charge is -2.19. The fourth-order valence-electron chi connectivity index (χ4n) is 2.58. The van der Waals surface area contributed by atoms with E-state index in [-0.39, 0.29) is 24.1 Å². The summed E-state index contributed by atoms with van der Waals surface area (Å²) in [6.45, 7) is 0. The molecule has 2 saturated heterocycles. The van der Waals surface area contributed by atoms with Crippen LogP contribution < -0.4 is 9.47 Å². The highest BCUT2D eigenvalue weighted by Crippen LogP contribution is 2.34. The normalized spacial score (nSPS) is 23.7. The van der Waals surface area contributed by atoms with E-state index in [9.17, 15) is 4.79 Å². The molecule has 0 spiro atoms. The number of rotatable bonds is 3. The summed E-state index contributed by atoms with van der Waals surface area (Å²) in [5, 5.41) is 7.88. The molecule has 0 aromatic heterocycles. The average Bonchev–Trinajstić information content (AvgIpc) is 3.05. The van der Waals surface area contributed by atoms with Gasteiger partial charge in [-0.25, -0.2) is 0 Å². The topological polar surface area (TPSA) is 71.9 Å². The van der Waals surface area contributed by atoms with Crippen LogP contribution in [0.1, 0.15) is 10.4 Å². The number of fused-ring (bicyclic) bond motifs is 1. The first-order valence-electron chi connectivity index (χ1n) is 6.54. The van der Waals surface area contributed by atoms with E-state index in [1.54, 1.807) is 37.1 Å². The molecular weight excluding hydrogens is 292 g/mol. The van der Waals surface area contributed by atoms with Crippen molar-refractivity contribution >= 4 is 23.7 Å². The number of hydrogen-bond acceptors (Lipinski definition) is 6. The van der Waals surface area contributed by atoms with Crippen molar-refractivity contribution in [3.8, 4) is 11.5 Å². The van der Waals surface area contributed by atoms with Gasteiger partial charge in [0.15, 0.2) is 11.5 Å². The van der Waals surface area contributed by atoms with Crippen molar-refractivity contribution in [2.45, 2.75) is 12.1 Å². The largest absolute Gasteiger partial charge is 0.493 e. The minimum Gasteiger partial charge on any atom is -0.493 e. The first-order valence-corrected chi connectivity index (χ1v) is 7.69. The third-order valence-electron chi connectivity index (χ3n) is 3.66. The number of carbonyl (C=O) groups excluding carboxylic acids is 1. The number of hydrogen-bond donors (Lipinski definition) is 1. The van der Waals surface area contributed by atoms with Gasteiger partial charge >= 0.3 is 0 Å². The van der Waals surface area contributed by atoms with Crippen molar-refractivity contribution < 1.29 is 19.0 Å². The van der Waals surface area contributed by atoms with Crippen molar-refractivity contribution in [1.29, 1.82) is 5.41 Å². The van der Waals surface area contributed by atoms with Crippen molar-refractivity contribution in [3.05, 3.63) is 23.8 Å². The summed E-state index contributed by atoms with van der Waals surface area (Å²) in [6, 6.07) is 4.87. The number of nitrogens with zero attached hydrogens (tertiary/aromatic N) is 1. The Morgan fingerprint density at radius 2 is 2.10 bits per heavy atom. The van der Waals surface area contributed by atoms with Crippen LogP contribution in [0, 0.1) is 5.41 Å². The van der Waals surface area contributed by atoms with Crippen molar-refractivity contribution in [3.63, 3.8) is 0 Å². The van der Waals surface area contributed by atoms with Crippen molar-refractivity contribution in [2.24, 2.45) is 0 Å². The van der Waals surface area contributed by atoms with Gasteiger partial charge < -0.3 is 14.2 Å². The molecule has 2 unspecified atom stereocenters. The Labute approximate surface area is 126 Å². The lowest BCUT2D eigenvalue weighted by molar-refractivity contribution is 0.0823. The van der Waals surface area contributed by atoms with Crippen LogP contribution in [-0.2, 0) is 4.74 Å². The lowest BCUT2D eigenvalue weighted by atomic mass is 10.1. The number of carbonyl (C=O) groups is 1. The van der Waals surface area contributed by atoms with E-state index < -0.39 is 0 Å². The molecule has 7 heteroatoms. The summed E-state index contributed by atoms with van der Waals surface area (Å²) in [4.78, 5) is 14.1. The van der Waals surface area contributed by atoms with Gasteiger partial charge in [-0.1, -0.05) is 0 Å². The molecule has 1 amide bonds. The van der Waals surface area contributed by atoms with Gasteiger partial charge in [0.2, 0.25) is 0 Å². The monoisotopic (exact) mass is 308 g/mol. The Kier molecular flexibility index (Phi) is 3.67. The maximum atomic E-state index is 12.7. The van der Waals surface area contributed by atoms with Gasteiger partial charge in [-0.2, -0.15) is 11.8 Å². The predicted molar refractivity (Wildman–Crippen MR) is 79.4 cm³/mol. The molecule has 0 radical (unpaired) electrons. The van der Waals surface area contributed by atoms with Crippen LogP contribution >= 0.6 is 11.8 Å². The Hall–Kier alpha value is -1.89. The minimum absolute atomic E-state index is 0.0527. The van der Waals surface area contributed by atoms with E-state index in [4.69, 9.17) is 19.6 Å². The number of ether oxygens (including phenoxy) is 3. The predicted octanol–water partition coefficient (Wildman–Crippen LogP) is 1.59. The molecule has 1 aromatic rings. The first kappa shape index (κ1) is 14.1. The molecule has 2 atom stereocenters. The Balaban J connectivity index is 1.89. The molecule has 112 valence electrons. The lowest BCUT2D eigenvalue weighted by Crippen LogP contribution is -2.41. The zero-order chi connectivity index (χ0) is 15.0. The zero-order valence-electron chi connectivity index (χ0n) is 11.8. The van der Waals surface area contributed by atoms with E-state index in [1.807, 2.05) is 0 Å². The highest BCUT2D eigenvalue weighted by molar-refractivity contribution is 7.99. The number of amides is 1. The number of amidine groups is 1. The van der Waals surface area contributed by atoms with Gasteiger partial charge in [0.05, 0.1) is 20.3 Å². The second-order valence-electron chi connectivity index (χ2n) is 4.81. The average molecular weight is 308 g/mol. The second-order valence-corrected chi connectivity index (χ2v) is 5.89. The van der Waals surface area contributed by atoms with Crippen LogP contribution in [0.3, 0.4) is 0 Å². The smallest absolute Gasteiger partial charge is 0.292 e. The molecule has 0 saturated carbocycles. The van der Waals surface area contributed by atoms with E-state index in [0.29, 0.717) is 17.1 Å². The number of methoxy groups -OCH3 is 2.